The summed E-state index contributed by atoms with van der Waals surface area (Å²) in [4.78, 5) is 12.5. The first kappa shape index (κ1) is 22.8. The molecule has 0 spiro atoms. The van der Waals surface area contributed by atoms with Crippen LogP contribution in [0.25, 0.3) is 11.1 Å². The molecule has 1 aromatic carbocycles. The van der Waals surface area contributed by atoms with Gasteiger partial charge < -0.3 is 23.7 Å². The van der Waals surface area contributed by atoms with Gasteiger partial charge in [0.2, 0.25) is 5.90 Å². The van der Waals surface area contributed by atoms with Gasteiger partial charge in [-0.05, 0) is 25.5 Å². The summed E-state index contributed by atoms with van der Waals surface area (Å²) in [7, 11) is -4.23. The van der Waals surface area contributed by atoms with Crippen molar-refractivity contribution in [1.82, 2.24) is 4.57 Å². The number of pyridine rings is 1. The van der Waals surface area contributed by atoms with E-state index >= 15 is 0 Å². The number of aromatic nitrogens is 1. The zero-order valence-electron chi connectivity index (χ0n) is 16.8. The van der Waals surface area contributed by atoms with Crippen molar-refractivity contribution in [3.8, 4) is 16.9 Å². The zero-order chi connectivity index (χ0) is 23.0. The highest BCUT2D eigenvalue weighted by Crippen LogP contribution is 2.29. The number of sulfone groups is 1. The molecule has 0 fully saturated rings. The molecule has 0 aliphatic carbocycles. The summed E-state index contributed by atoms with van der Waals surface area (Å²) in [5.41, 5.74) is -1.04. The molecule has 0 radical (unpaired) electrons. The fourth-order valence-electron chi connectivity index (χ4n) is 3.01. The Hall–Kier alpha value is -2.93. The van der Waals surface area contributed by atoms with E-state index in [2.05, 4.69) is 9.91 Å². The molecule has 13 heteroatoms. The summed E-state index contributed by atoms with van der Waals surface area (Å²) >= 11 is 0. The van der Waals surface area contributed by atoms with Gasteiger partial charge in [-0.3, -0.25) is 4.79 Å². The highest BCUT2D eigenvalue weighted by atomic mass is 32.2. The van der Waals surface area contributed by atoms with Crippen molar-refractivity contribution >= 4 is 23.1 Å². The maximum Gasteiger partial charge on any atom is 0.808 e. The van der Waals surface area contributed by atoms with Crippen LogP contribution in [0.2, 0.25) is 0 Å². The Kier molecular flexibility index (Phi) is 6.10. The minimum atomic E-state index is -3.85. The molecule has 3 rings (SSSR count). The Morgan fingerprint density at radius 2 is 1.97 bits per heavy atom. The second-order valence-corrected chi connectivity index (χ2v) is 9.54. The van der Waals surface area contributed by atoms with E-state index in [0.29, 0.717) is 0 Å². The molecule has 0 saturated carbocycles. The number of aryl methyl sites for hydroxylation is 1. The van der Waals surface area contributed by atoms with Crippen molar-refractivity contribution in [1.29, 1.82) is 0 Å². The van der Waals surface area contributed by atoms with Crippen molar-refractivity contribution in [2.75, 3.05) is 13.4 Å². The highest BCUT2D eigenvalue weighted by molar-refractivity contribution is 7.92. The average Bonchev–Trinajstić information content (AvgIpc) is 3.14. The Morgan fingerprint density at radius 1 is 1.26 bits per heavy atom. The standard InChI is InChI=1S/C18H19BF2N2O7S/c1-18(31(3,26)27,17-22-30-19(25)29-17)6-7-23-10-15(21)13(9-16(23)24)12-5-4-11(28-2)8-14(12)20/h4-5,8-10,25H,6-7H2,1-3H3/t18-/m1/s1. The summed E-state index contributed by atoms with van der Waals surface area (Å²) < 4.78 is 67.2. The van der Waals surface area contributed by atoms with Crippen molar-refractivity contribution in [3.63, 3.8) is 0 Å². The van der Waals surface area contributed by atoms with Gasteiger partial charge in [-0.2, -0.15) is 0 Å². The minimum Gasteiger partial charge on any atom is -0.497 e. The van der Waals surface area contributed by atoms with Crippen LogP contribution in [0.1, 0.15) is 13.3 Å². The Bertz CT molecular complexity index is 1200. The summed E-state index contributed by atoms with van der Waals surface area (Å²) in [6.45, 7) is 1.05. The predicted octanol–water partition coefficient (Wildman–Crippen LogP) is 1.33. The fourth-order valence-corrected chi connectivity index (χ4v) is 3.87. The lowest BCUT2D eigenvalue weighted by atomic mass is 10.0. The molecule has 1 atom stereocenters. The van der Waals surface area contributed by atoms with E-state index in [0.717, 1.165) is 29.2 Å². The van der Waals surface area contributed by atoms with E-state index in [1.165, 1.54) is 26.2 Å². The van der Waals surface area contributed by atoms with Crippen LogP contribution in [0.3, 0.4) is 0 Å². The zero-order valence-corrected chi connectivity index (χ0v) is 17.7. The molecule has 0 saturated heterocycles. The number of hydrogen-bond donors (Lipinski definition) is 1. The Balaban J connectivity index is 1.91. The van der Waals surface area contributed by atoms with E-state index < -0.39 is 39.1 Å². The normalized spacial score (nSPS) is 15.7. The first-order valence-corrected chi connectivity index (χ1v) is 10.9. The minimum absolute atomic E-state index is 0.122. The lowest BCUT2D eigenvalue weighted by molar-refractivity contribution is 0.240. The van der Waals surface area contributed by atoms with Crippen molar-refractivity contribution < 1.29 is 36.4 Å². The van der Waals surface area contributed by atoms with Gasteiger partial charge in [0.05, 0.1) is 7.11 Å². The van der Waals surface area contributed by atoms with E-state index in [1.807, 2.05) is 0 Å². The fraction of sp³-hybridized carbons (Fsp3) is 0.333. The van der Waals surface area contributed by atoms with Crippen LogP contribution in [-0.4, -0.2) is 49.3 Å². The van der Waals surface area contributed by atoms with Gasteiger partial charge in [-0.25, -0.2) is 17.2 Å². The molecule has 1 aromatic heterocycles. The lowest BCUT2D eigenvalue weighted by Gasteiger charge is -2.26. The number of halogens is 2. The van der Waals surface area contributed by atoms with E-state index in [-0.39, 0.29) is 35.7 Å². The SMILES string of the molecule is COc1ccc(-c2cc(=O)n(CC[C@](C)(C3=NOB(O)O3)S(C)(=O)=O)cc2F)c(F)c1. The molecule has 2 heterocycles. The third-order valence-corrected chi connectivity index (χ3v) is 7.10. The quantitative estimate of drug-likeness (QED) is 0.625. The van der Waals surface area contributed by atoms with Crippen molar-refractivity contribution in [2.45, 2.75) is 24.6 Å². The first-order valence-electron chi connectivity index (χ1n) is 8.99. The molecular formula is C18H19BF2N2O7S. The smallest absolute Gasteiger partial charge is 0.497 e. The maximum atomic E-state index is 14.7. The number of methoxy groups -OCH3 is 1. The number of hydrogen-bond acceptors (Lipinski definition) is 8. The summed E-state index contributed by atoms with van der Waals surface area (Å²) in [5, 5.41) is 12.7. The maximum absolute atomic E-state index is 14.7. The van der Waals surface area contributed by atoms with Gasteiger partial charge in [0.25, 0.3) is 5.56 Å². The Labute approximate surface area is 176 Å². The van der Waals surface area contributed by atoms with Crippen LogP contribution in [0.4, 0.5) is 8.78 Å². The molecule has 0 amide bonds. The van der Waals surface area contributed by atoms with E-state index in [1.54, 1.807) is 0 Å². The van der Waals surface area contributed by atoms with Gasteiger partial charge in [-0.1, -0.05) is 5.16 Å². The van der Waals surface area contributed by atoms with Crippen LogP contribution in [0, 0.1) is 11.6 Å². The van der Waals surface area contributed by atoms with Crippen molar-refractivity contribution in [3.05, 3.63) is 52.5 Å². The number of rotatable bonds is 7. The van der Waals surface area contributed by atoms with Crippen LogP contribution >= 0.6 is 0 Å². The number of benzene rings is 1. The predicted molar refractivity (Wildman–Crippen MR) is 108 cm³/mol. The van der Waals surface area contributed by atoms with Crippen LogP contribution in [-0.2, 0) is 25.8 Å². The second kappa shape index (κ2) is 8.31. The third-order valence-electron chi connectivity index (χ3n) is 5.08. The second-order valence-electron chi connectivity index (χ2n) is 7.09. The van der Waals surface area contributed by atoms with Gasteiger partial charge in [0.15, 0.2) is 9.84 Å². The molecule has 1 aliphatic heterocycles. The molecule has 1 N–H and O–H groups in total. The first-order chi connectivity index (χ1) is 14.5. The summed E-state index contributed by atoms with van der Waals surface area (Å²) in [6, 6.07) is 4.71. The number of nitrogens with zero attached hydrogens (tertiary/aromatic N) is 2. The lowest BCUT2D eigenvalue weighted by Crippen LogP contribution is -2.45. The molecule has 31 heavy (non-hydrogen) atoms. The van der Waals surface area contributed by atoms with E-state index in [9.17, 15) is 27.0 Å². The molecule has 1 aliphatic rings. The Morgan fingerprint density at radius 3 is 2.52 bits per heavy atom. The average molecular weight is 456 g/mol. The molecule has 9 nitrogen and oxygen atoms in total. The molecule has 166 valence electrons. The van der Waals surface area contributed by atoms with Crippen LogP contribution in [0.15, 0.2) is 40.4 Å². The largest absolute Gasteiger partial charge is 0.808 e. The van der Waals surface area contributed by atoms with E-state index in [4.69, 9.17) is 9.39 Å². The topological polar surface area (TPSA) is 116 Å². The van der Waals surface area contributed by atoms with Gasteiger partial charge >= 0.3 is 7.32 Å². The van der Waals surface area contributed by atoms with Gasteiger partial charge in [0, 0.05) is 42.3 Å². The number of oxime groups is 1. The molecular weight excluding hydrogens is 437 g/mol. The molecule has 2 aromatic rings. The van der Waals surface area contributed by atoms with Gasteiger partial charge in [0.1, 0.15) is 22.1 Å². The van der Waals surface area contributed by atoms with Crippen molar-refractivity contribution in [2.24, 2.45) is 5.16 Å². The van der Waals surface area contributed by atoms with Crippen LogP contribution < -0.4 is 10.3 Å². The summed E-state index contributed by atoms with van der Waals surface area (Å²) in [5.74, 6) is -1.79. The number of ether oxygens (including phenoxy) is 1. The monoisotopic (exact) mass is 456 g/mol. The highest BCUT2D eigenvalue weighted by Gasteiger charge is 2.48. The molecule has 0 bridgehead atoms. The summed E-state index contributed by atoms with van der Waals surface area (Å²) in [6.07, 6.45) is 1.56. The third kappa shape index (κ3) is 4.42. The molecule has 0 unspecified atom stereocenters. The van der Waals surface area contributed by atoms with Gasteiger partial charge in [-0.15, -0.1) is 0 Å². The van der Waals surface area contributed by atoms with Crippen LogP contribution in [0.5, 0.6) is 5.75 Å².